The van der Waals surface area contributed by atoms with E-state index in [2.05, 4.69) is 10.6 Å². The molecule has 0 aromatic heterocycles. The Morgan fingerprint density at radius 3 is 2.30 bits per heavy atom. The third-order valence-electron chi connectivity index (χ3n) is 4.48. The molecule has 2 aromatic rings. The van der Waals surface area contributed by atoms with Gasteiger partial charge in [0.2, 0.25) is 5.91 Å². The van der Waals surface area contributed by atoms with E-state index in [0.717, 1.165) is 35.5 Å². The number of hydrogen-bond donors (Lipinski definition) is 2. The van der Waals surface area contributed by atoms with Crippen LogP contribution in [-0.2, 0) is 16.0 Å². The smallest absolute Gasteiger partial charge is 0.258 e. The summed E-state index contributed by atoms with van der Waals surface area (Å²) < 4.78 is 10.9. The number of benzene rings is 2. The predicted molar refractivity (Wildman–Crippen MR) is 118 cm³/mol. The van der Waals surface area contributed by atoms with Crippen LogP contribution in [0.2, 0.25) is 0 Å². The maximum Gasteiger partial charge on any atom is 0.258 e. The molecule has 7 heteroatoms. The summed E-state index contributed by atoms with van der Waals surface area (Å²) in [7, 11) is 0. The average molecular weight is 429 g/mol. The lowest BCUT2D eigenvalue weighted by Crippen LogP contribution is -2.30. The highest BCUT2D eigenvalue weighted by atomic mass is 32.2. The highest BCUT2D eigenvalue weighted by Crippen LogP contribution is 2.21. The summed E-state index contributed by atoms with van der Waals surface area (Å²) in [5, 5.41) is 5.83. The fraction of sp³-hybridized carbons (Fsp3) is 0.391. The van der Waals surface area contributed by atoms with Crippen LogP contribution in [0.4, 0.5) is 0 Å². The van der Waals surface area contributed by atoms with E-state index in [4.69, 9.17) is 9.47 Å². The molecule has 0 atom stereocenters. The molecule has 0 unspecified atom stereocenters. The van der Waals surface area contributed by atoms with Crippen molar-refractivity contribution in [2.45, 2.75) is 37.1 Å². The number of nitrogens with one attached hydrogen (secondary N) is 2. The molecule has 6 nitrogen and oxygen atoms in total. The van der Waals surface area contributed by atoms with Crippen LogP contribution in [0, 0.1) is 0 Å². The lowest BCUT2D eigenvalue weighted by atomic mass is 10.1. The van der Waals surface area contributed by atoms with E-state index in [1.165, 1.54) is 11.8 Å². The molecule has 1 saturated carbocycles. The fourth-order valence-electron chi connectivity index (χ4n) is 2.74. The minimum atomic E-state index is -0.0765. The first kappa shape index (κ1) is 22.0. The van der Waals surface area contributed by atoms with Crippen LogP contribution < -0.4 is 20.1 Å². The quantitative estimate of drug-likeness (QED) is 0.508. The van der Waals surface area contributed by atoms with Crippen molar-refractivity contribution >= 4 is 23.6 Å². The van der Waals surface area contributed by atoms with E-state index in [0.29, 0.717) is 30.7 Å². The van der Waals surface area contributed by atoms with Crippen LogP contribution in [-0.4, -0.2) is 43.4 Å². The Bertz CT molecular complexity index is 820. The highest BCUT2D eigenvalue weighted by molar-refractivity contribution is 8.00. The number of carbonyl (C=O) groups is 2. The average Bonchev–Trinajstić information content (AvgIpc) is 3.57. The lowest BCUT2D eigenvalue weighted by molar-refractivity contribution is -0.123. The van der Waals surface area contributed by atoms with Gasteiger partial charge in [0.25, 0.3) is 5.91 Å². The van der Waals surface area contributed by atoms with Crippen LogP contribution in [0.25, 0.3) is 0 Å². The second kappa shape index (κ2) is 11.5. The molecule has 0 heterocycles. The largest absolute Gasteiger partial charge is 0.494 e. The summed E-state index contributed by atoms with van der Waals surface area (Å²) >= 11 is 1.50. The number of amides is 2. The van der Waals surface area contributed by atoms with E-state index < -0.39 is 0 Å². The number of thioether (sulfide) groups is 1. The lowest BCUT2D eigenvalue weighted by Gasteiger charge is -2.08. The van der Waals surface area contributed by atoms with Gasteiger partial charge in [0.15, 0.2) is 6.61 Å². The Labute approximate surface area is 181 Å². The molecule has 30 heavy (non-hydrogen) atoms. The van der Waals surface area contributed by atoms with Gasteiger partial charge >= 0.3 is 0 Å². The van der Waals surface area contributed by atoms with Crippen LogP contribution in [0.3, 0.4) is 0 Å². The molecular formula is C23H28N2O4S. The second-order valence-corrected chi connectivity index (χ2v) is 8.12. The molecule has 0 saturated heterocycles. The Hall–Kier alpha value is -2.67. The molecule has 0 radical (unpaired) electrons. The van der Waals surface area contributed by atoms with Gasteiger partial charge in [0.05, 0.1) is 12.4 Å². The summed E-state index contributed by atoms with van der Waals surface area (Å²) in [5.41, 5.74) is 1.10. The third-order valence-corrected chi connectivity index (χ3v) is 5.49. The number of ether oxygens (including phenoxy) is 2. The molecule has 3 rings (SSSR count). The minimum absolute atomic E-state index is 0.00973. The summed E-state index contributed by atoms with van der Waals surface area (Å²) in [6.45, 7) is 3.21. The van der Waals surface area contributed by atoms with Gasteiger partial charge in [-0.05, 0) is 68.1 Å². The molecule has 1 aliphatic carbocycles. The molecule has 1 aliphatic rings. The fourth-order valence-corrected chi connectivity index (χ4v) is 3.47. The number of hydrogen-bond acceptors (Lipinski definition) is 5. The summed E-state index contributed by atoms with van der Waals surface area (Å²) in [4.78, 5) is 24.7. The Kier molecular flexibility index (Phi) is 8.44. The van der Waals surface area contributed by atoms with Crippen molar-refractivity contribution in [3.63, 3.8) is 0 Å². The van der Waals surface area contributed by atoms with Gasteiger partial charge in [0, 0.05) is 17.5 Å². The van der Waals surface area contributed by atoms with E-state index >= 15 is 0 Å². The third kappa shape index (κ3) is 7.99. The molecule has 160 valence electrons. The zero-order valence-electron chi connectivity index (χ0n) is 17.2. The van der Waals surface area contributed by atoms with Crippen molar-refractivity contribution in [1.82, 2.24) is 10.6 Å². The normalized spacial score (nSPS) is 12.8. The molecule has 0 spiro atoms. The first-order chi connectivity index (χ1) is 14.6. The van der Waals surface area contributed by atoms with Crippen molar-refractivity contribution in [2.75, 3.05) is 25.5 Å². The van der Waals surface area contributed by atoms with Gasteiger partial charge in [-0.3, -0.25) is 9.59 Å². The van der Waals surface area contributed by atoms with Crippen LogP contribution >= 0.6 is 11.8 Å². The van der Waals surface area contributed by atoms with Crippen molar-refractivity contribution in [3.8, 4) is 11.5 Å². The van der Waals surface area contributed by atoms with Gasteiger partial charge in [-0.25, -0.2) is 0 Å². The Morgan fingerprint density at radius 1 is 0.967 bits per heavy atom. The molecule has 2 aromatic carbocycles. The van der Waals surface area contributed by atoms with Crippen LogP contribution in [0.1, 0.15) is 25.3 Å². The summed E-state index contributed by atoms with van der Waals surface area (Å²) in [6.07, 6.45) is 2.87. The van der Waals surface area contributed by atoms with Gasteiger partial charge in [-0.2, -0.15) is 0 Å². The predicted octanol–water partition coefficient (Wildman–Crippen LogP) is 3.19. The maximum absolute atomic E-state index is 12.0. The van der Waals surface area contributed by atoms with Gasteiger partial charge < -0.3 is 20.1 Å². The molecule has 0 bridgehead atoms. The topological polar surface area (TPSA) is 76.7 Å². The van der Waals surface area contributed by atoms with Crippen molar-refractivity contribution in [3.05, 3.63) is 54.1 Å². The van der Waals surface area contributed by atoms with Gasteiger partial charge in [-0.1, -0.05) is 12.1 Å². The number of carbonyl (C=O) groups excluding carboxylic acids is 2. The van der Waals surface area contributed by atoms with E-state index in [1.807, 2.05) is 55.5 Å². The molecule has 2 N–H and O–H groups in total. The van der Waals surface area contributed by atoms with Crippen molar-refractivity contribution < 1.29 is 19.1 Å². The van der Waals surface area contributed by atoms with Crippen LogP contribution in [0.15, 0.2) is 53.4 Å². The van der Waals surface area contributed by atoms with Gasteiger partial charge in [0.1, 0.15) is 11.5 Å². The molecular weight excluding hydrogens is 400 g/mol. The zero-order chi connectivity index (χ0) is 21.2. The summed E-state index contributed by atoms with van der Waals surface area (Å²) in [6, 6.07) is 15.7. The van der Waals surface area contributed by atoms with E-state index in [9.17, 15) is 9.59 Å². The molecule has 1 fully saturated rings. The Balaban J connectivity index is 1.30. The zero-order valence-corrected chi connectivity index (χ0v) is 18.0. The first-order valence-corrected chi connectivity index (χ1v) is 11.2. The highest BCUT2D eigenvalue weighted by Gasteiger charge is 2.23. The standard InChI is InChI=1S/C23H28N2O4S/c1-2-28-19-9-11-21(12-10-19)30-16-23(27)24-14-13-17-3-7-20(8-4-17)29-15-22(26)25-18-5-6-18/h3-4,7-12,18H,2,5-6,13-16H2,1H3,(H,24,27)(H,25,26). The first-order valence-electron chi connectivity index (χ1n) is 10.3. The Morgan fingerprint density at radius 2 is 1.63 bits per heavy atom. The molecule has 2 amide bonds. The summed E-state index contributed by atoms with van der Waals surface area (Å²) in [5.74, 6) is 1.82. The minimum Gasteiger partial charge on any atom is -0.494 e. The van der Waals surface area contributed by atoms with E-state index in [1.54, 1.807) is 0 Å². The molecule has 0 aliphatic heterocycles. The SMILES string of the molecule is CCOc1ccc(SCC(=O)NCCc2ccc(OCC(=O)NC3CC3)cc2)cc1. The van der Waals surface area contributed by atoms with Crippen molar-refractivity contribution in [2.24, 2.45) is 0 Å². The van der Waals surface area contributed by atoms with E-state index in [-0.39, 0.29) is 18.4 Å². The van der Waals surface area contributed by atoms with Crippen molar-refractivity contribution in [1.29, 1.82) is 0 Å². The number of rotatable bonds is 12. The maximum atomic E-state index is 12.0. The monoisotopic (exact) mass is 428 g/mol. The second-order valence-electron chi connectivity index (χ2n) is 7.07. The van der Waals surface area contributed by atoms with Gasteiger partial charge in [-0.15, -0.1) is 11.8 Å². The van der Waals surface area contributed by atoms with Crippen LogP contribution in [0.5, 0.6) is 11.5 Å².